The van der Waals surface area contributed by atoms with E-state index in [-0.39, 0.29) is 11.8 Å². The number of amides is 2. The Morgan fingerprint density at radius 1 is 1.35 bits per heavy atom. The predicted molar refractivity (Wildman–Crippen MR) is 89.2 cm³/mol. The second kappa shape index (κ2) is 7.99. The van der Waals surface area contributed by atoms with Crippen molar-refractivity contribution in [3.8, 4) is 5.75 Å². The number of carbonyl (C=O) groups is 2. The van der Waals surface area contributed by atoms with Crippen molar-refractivity contribution in [2.45, 2.75) is 45.1 Å². The molecule has 2 amide bonds. The molecule has 5 nitrogen and oxygen atoms in total. The first-order valence-electron chi connectivity index (χ1n) is 8.34. The molecule has 0 aliphatic carbocycles. The minimum Gasteiger partial charge on any atom is -0.492 e. The molecule has 1 atom stereocenters. The van der Waals surface area contributed by atoms with Crippen molar-refractivity contribution in [2.75, 3.05) is 19.7 Å². The van der Waals surface area contributed by atoms with Crippen LogP contribution in [-0.2, 0) is 9.59 Å². The SMILES string of the molecule is CCCCNC(=O)C1(C)CCC(=O)N1CCOc1ccccc1. The Bertz CT molecular complexity index is 532. The molecule has 1 unspecified atom stereocenters. The summed E-state index contributed by atoms with van der Waals surface area (Å²) in [5.41, 5.74) is -0.759. The first-order chi connectivity index (χ1) is 11.1. The van der Waals surface area contributed by atoms with Gasteiger partial charge in [-0.1, -0.05) is 31.5 Å². The summed E-state index contributed by atoms with van der Waals surface area (Å²) in [6.07, 6.45) is 2.97. The summed E-state index contributed by atoms with van der Waals surface area (Å²) in [5.74, 6) is 0.736. The second-order valence-electron chi connectivity index (χ2n) is 6.09. The third-order valence-electron chi connectivity index (χ3n) is 4.35. The van der Waals surface area contributed by atoms with Gasteiger partial charge in [0.1, 0.15) is 17.9 Å². The molecule has 1 N–H and O–H groups in total. The lowest BCUT2D eigenvalue weighted by Crippen LogP contribution is -2.55. The van der Waals surface area contributed by atoms with Crippen molar-refractivity contribution in [3.05, 3.63) is 30.3 Å². The van der Waals surface area contributed by atoms with E-state index in [1.807, 2.05) is 37.3 Å². The van der Waals surface area contributed by atoms with E-state index in [4.69, 9.17) is 4.74 Å². The fraction of sp³-hybridized carbons (Fsp3) is 0.556. The fourth-order valence-corrected chi connectivity index (χ4v) is 2.84. The lowest BCUT2D eigenvalue weighted by atomic mass is 9.97. The summed E-state index contributed by atoms with van der Waals surface area (Å²) in [7, 11) is 0. The Hall–Kier alpha value is -2.04. The van der Waals surface area contributed by atoms with Gasteiger partial charge in [0.05, 0.1) is 6.54 Å². The highest BCUT2D eigenvalue weighted by Gasteiger charge is 2.46. The molecular formula is C18H26N2O3. The van der Waals surface area contributed by atoms with Crippen LogP contribution in [-0.4, -0.2) is 41.9 Å². The van der Waals surface area contributed by atoms with Crippen molar-refractivity contribution < 1.29 is 14.3 Å². The molecule has 2 rings (SSSR count). The zero-order valence-electron chi connectivity index (χ0n) is 14.0. The molecule has 1 saturated heterocycles. The van der Waals surface area contributed by atoms with E-state index in [0.29, 0.717) is 32.5 Å². The second-order valence-corrected chi connectivity index (χ2v) is 6.09. The van der Waals surface area contributed by atoms with Gasteiger partial charge < -0.3 is 15.0 Å². The van der Waals surface area contributed by atoms with Gasteiger partial charge in [0.15, 0.2) is 0 Å². The zero-order valence-corrected chi connectivity index (χ0v) is 14.0. The van der Waals surface area contributed by atoms with Gasteiger partial charge in [0, 0.05) is 13.0 Å². The standard InChI is InChI=1S/C18H26N2O3/c1-3-4-12-19-17(22)18(2)11-10-16(21)20(18)13-14-23-15-8-6-5-7-9-15/h5-9H,3-4,10-14H2,1-2H3,(H,19,22). The maximum absolute atomic E-state index is 12.5. The largest absolute Gasteiger partial charge is 0.492 e. The Labute approximate surface area is 138 Å². The fourth-order valence-electron chi connectivity index (χ4n) is 2.84. The van der Waals surface area contributed by atoms with Crippen molar-refractivity contribution >= 4 is 11.8 Å². The average Bonchev–Trinajstić information content (AvgIpc) is 2.85. The van der Waals surface area contributed by atoms with Crippen molar-refractivity contribution in [1.82, 2.24) is 10.2 Å². The van der Waals surface area contributed by atoms with Gasteiger partial charge in [-0.05, 0) is 31.9 Å². The molecule has 23 heavy (non-hydrogen) atoms. The summed E-state index contributed by atoms with van der Waals surface area (Å²) >= 11 is 0. The normalized spacial score (nSPS) is 20.6. The van der Waals surface area contributed by atoms with Crippen LogP contribution in [0, 0.1) is 0 Å². The van der Waals surface area contributed by atoms with Crippen LogP contribution >= 0.6 is 0 Å². The van der Waals surface area contributed by atoms with Crippen molar-refractivity contribution in [1.29, 1.82) is 0 Å². The smallest absolute Gasteiger partial charge is 0.245 e. The molecule has 1 aromatic carbocycles. The number of para-hydroxylation sites is 1. The lowest BCUT2D eigenvalue weighted by Gasteiger charge is -2.33. The molecule has 1 aromatic rings. The average molecular weight is 318 g/mol. The van der Waals surface area contributed by atoms with E-state index in [9.17, 15) is 9.59 Å². The number of unbranched alkanes of at least 4 members (excludes halogenated alkanes) is 1. The van der Waals surface area contributed by atoms with Crippen LogP contribution in [0.4, 0.5) is 0 Å². The van der Waals surface area contributed by atoms with Gasteiger partial charge in [-0.15, -0.1) is 0 Å². The van der Waals surface area contributed by atoms with Gasteiger partial charge >= 0.3 is 0 Å². The van der Waals surface area contributed by atoms with Crippen molar-refractivity contribution in [2.24, 2.45) is 0 Å². The highest BCUT2D eigenvalue weighted by atomic mass is 16.5. The van der Waals surface area contributed by atoms with Crippen LogP contribution < -0.4 is 10.1 Å². The van der Waals surface area contributed by atoms with E-state index in [0.717, 1.165) is 18.6 Å². The van der Waals surface area contributed by atoms with Crippen LogP contribution in [0.2, 0.25) is 0 Å². The van der Waals surface area contributed by atoms with Gasteiger partial charge in [-0.25, -0.2) is 0 Å². The Kier molecular flexibility index (Phi) is 6.02. The van der Waals surface area contributed by atoms with Crippen LogP contribution in [0.15, 0.2) is 30.3 Å². The number of likely N-dealkylation sites (tertiary alicyclic amines) is 1. The first-order valence-corrected chi connectivity index (χ1v) is 8.34. The number of carbonyl (C=O) groups excluding carboxylic acids is 2. The number of nitrogens with zero attached hydrogens (tertiary/aromatic N) is 1. The maximum atomic E-state index is 12.5. The predicted octanol–water partition coefficient (Wildman–Crippen LogP) is 2.36. The Morgan fingerprint density at radius 3 is 2.78 bits per heavy atom. The minimum atomic E-state index is -0.759. The zero-order chi connectivity index (χ0) is 16.7. The third kappa shape index (κ3) is 4.24. The van der Waals surface area contributed by atoms with E-state index in [1.165, 1.54) is 0 Å². The van der Waals surface area contributed by atoms with Crippen LogP contribution in [0.25, 0.3) is 0 Å². The minimum absolute atomic E-state index is 0.0230. The molecule has 5 heteroatoms. The summed E-state index contributed by atoms with van der Waals surface area (Å²) in [6.45, 7) is 5.40. The van der Waals surface area contributed by atoms with E-state index >= 15 is 0 Å². The van der Waals surface area contributed by atoms with E-state index in [1.54, 1.807) is 4.90 Å². The topological polar surface area (TPSA) is 58.6 Å². The molecule has 126 valence electrons. The monoisotopic (exact) mass is 318 g/mol. The highest BCUT2D eigenvalue weighted by Crippen LogP contribution is 2.30. The molecule has 1 aliphatic heterocycles. The van der Waals surface area contributed by atoms with Crippen LogP contribution in [0.3, 0.4) is 0 Å². The summed E-state index contributed by atoms with van der Waals surface area (Å²) in [5, 5.41) is 2.95. The van der Waals surface area contributed by atoms with E-state index < -0.39 is 5.54 Å². The number of nitrogens with one attached hydrogen (secondary N) is 1. The molecule has 0 spiro atoms. The Morgan fingerprint density at radius 2 is 2.09 bits per heavy atom. The molecule has 0 bridgehead atoms. The molecule has 0 radical (unpaired) electrons. The number of rotatable bonds is 8. The molecule has 0 aromatic heterocycles. The van der Waals surface area contributed by atoms with E-state index in [2.05, 4.69) is 12.2 Å². The van der Waals surface area contributed by atoms with Gasteiger partial charge in [0.2, 0.25) is 11.8 Å². The first kappa shape index (κ1) is 17.3. The van der Waals surface area contributed by atoms with Gasteiger partial charge in [-0.2, -0.15) is 0 Å². The summed E-state index contributed by atoms with van der Waals surface area (Å²) < 4.78 is 5.66. The van der Waals surface area contributed by atoms with Crippen molar-refractivity contribution in [3.63, 3.8) is 0 Å². The molecule has 1 fully saturated rings. The number of benzene rings is 1. The molecule has 1 heterocycles. The number of hydrogen-bond acceptors (Lipinski definition) is 3. The number of hydrogen-bond donors (Lipinski definition) is 1. The van der Waals surface area contributed by atoms with Crippen LogP contribution in [0.5, 0.6) is 5.75 Å². The van der Waals surface area contributed by atoms with Crippen LogP contribution in [0.1, 0.15) is 39.5 Å². The molecular weight excluding hydrogens is 292 g/mol. The lowest BCUT2D eigenvalue weighted by molar-refractivity contribution is -0.140. The number of ether oxygens (including phenoxy) is 1. The highest BCUT2D eigenvalue weighted by molar-refractivity contribution is 5.94. The van der Waals surface area contributed by atoms with Gasteiger partial charge in [-0.3, -0.25) is 9.59 Å². The third-order valence-corrected chi connectivity index (χ3v) is 4.35. The summed E-state index contributed by atoms with van der Waals surface area (Å²) in [4.78, 5) is 26.3. The maximum Gasteiger partial charge on any atom is 0.245 e. The molecule has 1 aliphatic rings. The van der Waals surface area contributed by atoms with Gasteiger partial charge in [0.25, 0.3) is 0 Å². The Balaban J connectivity index is 1.91. The summed E-state index contributed by atoms with van der Waals surface area (Å²) in [6, 6.07) is 9.49. The quantitative estimate of drug-likeness (QED) is 0.749. The molecule has 0 saturated carbocycles.